The Morgan fingerprint density at radius 2 is 2.17 bits per heavy atom. The van der Waals surface area contributed by atoms with Crippen LogP contribution in [0.25, 0.3) is 0 Å². The molecule has 1 aliphatic rings. The summed E-state index contributed by atoms with van der Waals surface area (Å²) in [5.74, 6) is 0. The summed E-state index contributed by atoms with van der Waals surface area (Å²) in [6.07, 6.45) is 3.67. The van der Waals surface area contributed by atoms with E-state index < -0.39 is 0 Å². The number of nitrogens with two attached hydrogens (primary N) is 1. The number of piperazine rings is 1. The summed E-state index contributed by atoms with van der Waals surface area (Å²) in [5.41, 5.74) is 7.59. The van der Waals surface area contributed by atoms with E-state index in [-0.39, 0.29) is 11.5 Å². The van der Waals surface area contributed by atoms with E-state index in [0.29, 0.717) is 0 Å². The summed E-state index contributed by atoms with van der Waals surface area (Å²) >= 11 is 0. The number of pyridine rings is 1. The Morgan fingerprint density at radius 3 is 2.78 bits per heavy atom. The predicted molar refractivity (Wildman–Crippen MR) is 74.3 cm³/mol. The first-order valence-corrected chi connectivity index (χ1v) is 6.68. The largest absolute Gasteiger partial charge is 0.323 e. The average Bonchev–Trinajstić information content (AvgIpc) is 2.39. The Kier molecular flexibility index (Phi) is 4.32. The van der Waals surface area contributed by atoms with Crippen molar-refractivity contribution in [1.29, 1.82) is 0 Å². The Hall–Kier alpha value is -0.970. The molecule has 1 aromatic heterocycles. The van der Waals surface area contributed by atoms with Crippen LogP contribution in [-0.4, -0.2) is 42.6 Å². The van der Waals surface area contributed by atoms with Gasteiger partial charge in [0.2, 0.25) is 0 Å². The average molecular weight is 248 g/mol. The summed E-state index contributed by atoms with van der Waals surface area (Å²) in [7, 11) is 0. The van der Waals surface area contributed by atoms with Crippen molar-refractivity contribution in [3.8, 4) is 0 Å². The van der Waals surface area contributed by atoms with Crippen molar-refractivity contribution in [3.05, 3.63) is 30.1 Å². The molecule has 1 aliphatic heterocycles. The van der Waals surface area contributed by atoms with Crippen LogP contribution in [0.15, 0.2) is 24.5 Å². The highest BCUT2D eigenvalue weighted by Gasteiger charge is 2.30. The molecule has 2 heterocycles. The molecule has 1 aromatic rings. The minimum atomic E-state index is 0.0288. The second-order valence-electron chi connectivity index (χ2n) is 5.78. The highest BCUT2D eigenvalue weighted by molar-refractivity contribution is 5.16. The quantitative estimate of drug-likeness (QED) is 0.835. The van der Waals surface area contributed by atoms with Gasteiger partial charge in [-0.3, -0.25) is 4.98 Å². The number of hydrogen-bond acceptors (Lipinski definition) is 4. The predicted octanol–water partition coefficient (Wildman–Crippen LogP) is 1.01. The molecule has 0 saturated carbocycles. The smallest absolute Gasteiger partial charge is 0.0374 e. The molecule has 1 saturated heterocycles. The zero-order valence-corrected chi connectivity index (χ0v) is 11.4. The first kappa shape index (κ1) is 13.5. The van der Waals surface area contributed by atoms with Crippen molar-refractivity contribution in [3.63, 3.8) is 0 Å². The lowest BCUT2D eigenvalue weighted by atomic mass is 9.81. The standard InChI is InChI=1S/C14H24N4/c1-14(2,11-18-8-6-16-7-9-18)13(15)12-4-3-5-17-10-12/h3-5,10,13,16H,6-9,11,15H2,1-2H3. The van der Waals surface area contributed by atoms with E-state index in [0.717, 1.165) is 38.3 Å². The fourth-order valence-electron chi connectivity index (χ4n) is 2.56. The Bertz CT molecular complexity index is 357. The van der Waals surface area contributed by atoms with Crippen LogP contribution < -0.4 is 11.1 Å². The van der Waals surface area contributed by atoms with Crippen LogP contribution in [0.3, 0.4) is 0 Å². The van der Waals surface area contributed by atoms with E-state index in [1.807, 2.05) is 12.3 Å². The molecule has 18 heavy (non-hydrogen) atoms. The number of rotatable bonds is 4. The van der Waals surface area contributed by atoms with E-state index in [4.69, 9.17) is 5.73 Å². The van der Waals surface area contributed by atoms with Crippen molar-refractivity contribution in [2.24, 2.45) is 11.1 Å². The van der Waals surface area contributed by atoms with E-state index in [2.05, 4.69) is 35.1 Å². The normalized spacial score (nSPS) is 19.7. The van der Waals surface area contributed by atoms with Crippen LogP contribution in [0, 0.1) is 5.41 Å². The summed E-state index contributed by atoms with van der Waals surface area (Å²) in [6.45, 7) is 9.91. The van der Waals surface area contributed by atoms with E-state index in [1.54, 1.807) is 6.20 Å². The molecule has 1 fully saturated rings. The summed E-state index contributed by atoms with van der Waals surface area (Å²) < 4.78 is 0. The lowest BCUT2D eigenvalue weighted by Gasteiger charge is -2.38. The van der Waals surface area contributed by atoms with Gasteiger partial charge in [-0.15, -0.1) is 0 Å². The molecule has 0 amide bonds. The fourth-order valence-corrected chi connectivity index (χ4v) is 2.56. The fraction of sp³-hybridized carbons (Fsp3) is 0.643. The highest BCUT2D eigenvalue weighted by Crippen LogP contribution is 2.31. The highest BCUT2D eigenvalue weighted by atomic mass is 15.2. The van der Waals surface area contributed by atoms with Gasteiger partial charge in [-0.25, -0.2) is 0 Å². The molecule has 3 N–H and O–H groups in total. The maximum absolute atomic E-state index is 6.41. The van der Waals surface area contributed by atoms with E-state index >= 15 is 0 Å². The van der Waals surface area contributed by atoms with Gasteiger partial charge in [-0.05, 0) is 17.0 Å². The molecule has 0 spiro atoms. The molecule has 4 nitrogen and oxygen atoms in total. The van der Waals surface area contributed by atoms with Gasteiger partial charge in [-0.2, -0.15) is 0 Å². The third-order valence-corrected chi connectivity index (χ3v) is 3.73. The zero-order valence-electron chi connectivity index (χ0n) is 11.4. The van der Waals surface area contributed by atoms with Crippen LogP contribution in [0.1, 0.15) is 25.5 Å². The second kappa shape index (κ2) is 5.78. The molecular formula is C14H24N4. The Labute approximate surface area is 110 Å². The van der Waals surface area contributed by atoms with Crippen molar-refractivity contribution in [1.82, 2.24) is 15.2 Å². The molecular weight excluding hydrogens is 224 g/mol. The number of aromatic nitrogens is 1. The van der Waals surface area contributed by atoms with Gasteiger partial charge >= 0.3 is 0 Å². The number of nitrogens with one attached hydrogen (secondary N) is 1. The van der Waals surface area contributed by atoms with Gasteiger partial charge in [0.05, 0.1) is 0 Å². The monoisotopic (exact) mass is 248 g/mol. The van der Waals surface area contributed by atoms with Gasteiger partial charge in [0.15, 0.2) is 0 Å². The molecule has 100 valence electrons. The van der Waals surface area contributed by atoms with Crippen LogP contribution in [0.2, 0.25) is 0 Å². The van der Waals surface area contributed by atoms with E-state index in [9.17, 15) is 0 Å². The number of nitrogens with zero attached hydrogens (tertiary/aromatic N) is 2. The maximum atomic E-state index is 6.41. The van der Waals surface area contributed by atoms with Crippen LogP contribution >= 0.6 is 0 Å². The maximum Gasteiger partial charge on any atom is 0.0374 e. The second-order valence-corrected chi connectivity index (χ2v) is 5.78. The Balaban J connectivity index is 2.00. The minimum absolute atomic E-state index is 0.0288. The number of hydrogen-bond donors (Lipinski definition) is 2. The molecule has 0 radical (unpaired) electrons. The van der Waals surface area contributed by atoms with Crippen LogP contribution in [-0.2, 0) is 0 Å². The van der Waals surface area contributed by atoms with Crippen molar-refractivity contribution >= 4 is 0 Å². The van der Waals surface area contributed by atoms with Crippen molar-refractivity contribution in [2.45, 2.75) is 19.9 Å². The van der Waals surface area contributed by atoms with Crippen molar-refractivity contribution < 1.29 is 0 Å². The molecule has 0 bridgehead atoms. The summed E-state index contributed by atoms with van der Waals surface area (Å²) in [4.78, 5) is 6.66. The van der Waals surface area contributed by atoms with Crippen LogP contribution in [0.5, 0.6) is 0 Å². The third kappa shape index (κ3) is 3.28. The SMILES string of the molecule is CC(C)(CN1CCNCC1)C(N)c1cccnc1. The molecule has 2 rings (SSSR count). The van der Waals surface area contributed by atoms with Gasteiger partial charge in [-0.1, -0.05) is 19.9 Å². The molecule has 4 heteroatoms. The first-order chi connectivity index (χ1) is 8.59. The van der Waals surface area contributed by atoms with Gasteiger partial charge in [0.25, 0.3) is 0 Å². The van der Waals surface area contributed by atoms with Gasteiger partial charge < -0.3 is 16.0 Å². The molecule has 1 atom stereocenters. The molecule has 0 aliphatic carbocycles. The lowest BCUT2D eigenvalue weighted by molar-refractivity contribution is 0.139. The van der Waals surface area contributed by atoms with E-state index in [1.165, 1.54) is 0 Å². The Morgan fingerprint density at radius 1 is 1.44 bits per heavy atom. The topological polar surface area (TPSA) is 54.2 Å². The summed E-state index contributed by atoms with van der Waals surface area (Å²) in [5, 5.41) is 3.38. The minimum Gasteiger partial charge on any atom is -0.323 e. The third-order valence-electron chi connectivity index (χ3n) is 3.73. The molecule has 0 aromatic carbocycles. The lowest BCUT2D eigenvalue weighted by Crippen LogP contribution is -2.49. The summed E-state index contributed by atoms with van der Waals surface area (Å²) in [6, 6.07) is 4.05. The van der Waals surface area contributed by atoms with Gasteiger partial charge in [0, 0.05) is 51.2 Å². The van der Waals surface area contributed by atoms with Crippen molar-refractivity contribution in [2.75, 3.05) is 32.7 Å². The van der Waals surface area contributed by atoms with Gasteiger partial charge in [0.1, 0.15) is 0 Å². The zero-order chi connectivity index (χ0) is 13.0. The molecule has 1 unspecified atom stereocenters. The first-order valence-electron chi connectivity index (χ1n) is 6.68. The van der Waals surface area contributed by atoms with Crippen LogP contribution in [0.4, 0.5) is 0 Å².